The Morgan fingerprint density at radius 2 is 2.15 bits per heavy atom. The average molecular weight is 398 g/mol. The summed E-state index contributed by atoms with van der Waals surface area (Å²) >= 11 is 0. The zero-order chi connectivity index (χ0) is 19.5. The first-order chi connectivity index (χ1) is 12.9. The van der Waals surface area contributed by atoms with E-state index in [4.69, 9.17) is 9.47 Å². The molecule has 2 aliphatic rings. The summed E-state index contributed by atoms with van der Waals surface area (Å²) in [5, 5.41) is 0. The molecule has 2 heterocycles. The number of ether oxygens (including phenoxy) is 2. The lowest BCUT2D eigenvalue weighted by atomic mass is 10.1. The predicted molar refractivity (Wildman–Crippen MR) is 105 cm³/mol. The number of methoxy groups -OCH3 is 1. The van der Waals surface area contributed by atoms with E-state index in [0.29, 0.717) is 32.0 Å². The van der Waals surface area contributed by atoms with Crippen LogP contribution in [0, 0.1) is 6.92 Å². The number of hydrogen-bond acceptors (Lipinski definition) is 6. The van der Waals surface area contributed by atoms with E-state index in [-0.39, 0.29) is 16.5 Å². The van der Waals surface area contributed by atoms with Crippen molar-refractivity contribution >= 4 is 15.8 Å². The Bertz CT molecular complexity index is 747. The van der Waals surface area contributed by atoms with Crippen molar-refractivity contribution in [1.82, 2.24) is 9.71 Å². The highest BCUT2D eigenvalue weighted by Gasteiger charge is 2.46. The van der Waals surface area contributed by atoms with Gasteiger partial charge in [0.15, 0.2) is 0 Å². The van der Waals surface area contributed by atoms with E-state index in [1.54, 1.807) is 19.2 Å². The molecule has 152 valence electrons. The van der Waals surface area contributed by atoms with E-state index in [9.17, 15) is 8.42 Å². The minimum absolute atomic E-state index is 0.117. The largest absolute Gasteiger partial charge is 0.385 e. The van der Waals surface area contributed by atoms with Gasteiger partial charge in [0.2, 0.25) is 10.0 Å². The first-order valence-corrected chi connectivity index (χ1v) is 11.2. The minimum atomic E-state index is -3.66. The van der Waals surface area contributed by atoms with Crippen molar-refractivity contribution in [2.45, 2.75) is 62.5 Å². The molecule has 3 rings (SSSR count). The summed E-state index contributed by atoms with van der Waals surface area (Å²) in [6.07, 6.45) is 4.46. The Morgan fingerprint density at radius 1 is 1.37 bits per heavy atom. The molecule has 8 heteroatoms. The van der Waals surface area contributed by atoms with Gasteiger partial charge in [-0.05, 0) is 58.1 Å². The summed E-state index contributed by atoms with van der Waals surface area (Å²) in [6, 6.07) is 3.44. The van der Waals surface area contributed by atoms with E-state index in [2.05, 4.69) is 14.6 Å². The Labute approximate surface area is 162 Å². The van der Waals surface area contributed by atoms with Gasteiger partial charge in [0, 0.05) is 44.6 Å². The number of sulfonamides is 1. The van der Waals surface area contributed by atoms with Crippen LogP contribution < -0.4 is 9.62 Å². The summed E-state index contributed by atoms with van der Waals surface area (Å²) in [5.41, 5.74) is 0.440. The predicted octanol–water partition coefficient (Wildman–Crippen LogP) is 2.24. The van der Waals surface area contributed by atoms with Crippen LogP contribution in [0.4, 0.5) is 5.82 Å². The summed E-state index contributed by atoms with van der Waals surface area (Å²) in [5.74, 6) is 0.537. The highest BCUT2D eigenvalue weighted by molar-refractivity contribution is 7.89. The zero-order valence-corrected chi connectivity index (χ0v) is 17.3. The van der Waals surface area contributed by atoms with Crippen molar-refractivity contribution in [1.29, 1.82) is 0 Å². The van der Waals surface area contributed by atoms with Crippen LogP contribution in [-0.2, 0) is 19.5 Å². The third-order valence-electron chi connectivity index (χ3n) is 5.34. The molecule has 0 bridgehead atoms. The maximum atomic E-state index is 13.2. The molecule has 1 aromatic heterocycles. The van der Waals surface area contributed by atoms with Crippen molar-refractivity contribution in [2.75, 3.05) is 38.3 Å². The number of pyridine rings is 1. The fraction of sp³-hybridized carbons (Fsp3) is 0.737. The number of piperidine rings is 1. The van der Waals surface area contributed by atoms with Gasteiger partial charge in [0.05, 0.1) is 6.10 Å². The van der Waals surface area contributed by atoms with Gasteiger partial charge in [-0.1, -0.05) is 0 Å². The Hall–Kier alpha value is -1.22. The molecule has 1 unspecified atom stereocenters. The van der Waals surface area contributed by atoms with Gasteiger partial charge >= 0.3 is 0 Å². The first-order valence-electron chi connectivity index (χ1n) is 9.76. The second-order valence-electron chi connectivity index (χ2n) is 7.57. The van der Waals surface area contributed by atoms with Crippen molar-refractivity contribution < 1.29 is 17.9 Å². The molecular formula is C19H31N3O4S. The second kappa shape index (κ2) is 8.43. The van der Waals surface area contributed by atoms with Gasteiger partial charge in [-0.3, -0.25) is 0 Å². The average Bonchev–Trinajstić information content (AvgIpc) is 3.39. The third-order valence-corrected chi connectivity index (χ3v) is 6.94. The zero-order valence-electron chi connectivity index (χ0n) is 16.5. The molecule has 1 aromatic rings. The van der Waals surface area contributed by atoms with Crippen LogP contribution in [0.3, 0.4) is 0 Å². The number of aryl methyl sites for hydroxylation is 1. The standard InChI is InChI=1S/C19H31N3O4S/c1-4-26-16-6-5-12-22(14-16)18-17(8-7-15(2)20-18)27(23,24)21-19(9-10-19)11-13-25-3/h7-8,16,21H,4-6,9-14H2,1-3H3. The van der Waals surface area contributed by atoms with E-state index in [0.717, 1.165) is 37.9 Å². The van der Waals surface area contributed by atoms with Crippen molar-refractivity contribution in [2.24, 2.45) is 0 Å². The number of nitrogens with zero attached hydrogens (tertiary/aromatic N) is 2. The van der Waals surface area contributed by atoms with Crippen LogP contribution in [0.15, 0.2) is 17.0 Å². The molecule has 2 fully saturated rings. The maximum Gasteiger partial charge on any atom is 0.244 e. The highest BCUT2D eigenvalue weighted by atomic mass is 32.2. The van der Waals surface area contributed by atoms with Crippen LogP contribution in [0.1, 0.15) is 44.7 Å². The molecule has 0 amide bonds. The van der Waals surface area contributed by atoms with Gasteiger partial charge in [-0.2, -0.15) is 0 Å². The number of hydrogen-bond donors (Lipinski definition) is 1. The molecule has 1 N–H and O–H groups in total. The SMILES string of the molecule is CCOC1CCCN(c2nc(C)ccc2S(=O)(=O)NC2(CCOC)CC2)C1. The van der Waals surface area contributed by atoms with Crippen LogP contribution in [0.25, 0.3) is 0 Å². The molecule has 7 nitrogen and oxygen atoms in total. The molecule has 1 aliphatic heterocycles. The molecule has 1 saturated carbocycles. The third kappa shape index (κ3) is 4.99. The van der Waals surface area contributed by atoms with Crippen molar-refractivity contribution in [3.05, 3.63) is 17.8 Å². The van der Waals surface area contributed by atoms with Crippen LogP contribution in [0.5, 0.6) is 0 Å². The molecule has 0 aromatic carbocycles. The lowest BCUT2D eigenvalue weighted by Crippen LogP contribution is -2.42. The minimum Gasteiger partial charge on any atom is -0.385 e. The smallest absolute Gasteiger partial charge is 0.244 e. The molecule has 1 saturated heterocycles. The first kappa shape index (κ1) is 20.5. The Balaban J connectivity index is 1.85. The summed E-state index contributed by atoms with van der Waals surface area (Å²) < 4.78 is 40.2. The number of aromatic nitrogens is 1. The maximum absolute atomic E-state index is 13.2. The van der Waals surface area contributed by atoms with Crippen molar-refractivity contribution in [3.63, 3.8) is 0 Å². The fourth-order valence-corrected chi connectivity index (χ4v) is 5.31. The van der Waals surface area contributed by atoms with Gasteiger partial charge in [0.1, 0.15) is 10.7 Å². The topological polar surface area (TPSA) is 80.8 Å². The van der Waals surface area contributed by atoms with Crippen LogP contribution >= 0.6 is 0 Å². The van der Waals surface area contributed by atoms with E-state index in [1.165, 1.54) is 0 Å². The molecule has 1 atom stereocenters. The van der Waals surface area contributed by atoms with Gasteiger partial charge in [-0.15, -0.1) is 0 Å². The fourth-order valence-electron chi connectivity index (χ4n) is 3.66. The normalized spacial score (nSPS) is 22.0. The van der Waals surface area contributed by atoms with Gasteiger partial charge in [-0.25, -0.2) is 18.1 Å². The monoisotopic (exact) mass is 397 g/mol. The van der Waals surface area contributed by atoms with Crippen LogP contribution in [-0.4, -0.2) is 58.5 Å². The number of nitrogens with one attached hydrogen (secondary N) is 1. The number of rotatable bonds is 9. The van der Waals surface area contributed by atoms with Gasteiger partial charge in [0.25, 0.3) is 0 Å². The number of anilines is 1. The quantitative estimate of drug-likeness (QED) is 0.688. The summed E-state index contributed by atoms with van der Waals surface area (Å²) in [7, 11) is -2.03. The van der Waals surface area contributed by atoms with E-state index >= 15 is 0 Å². The summed E-state index contributed by atoms with van der Waals surface area (Å²) in [4.78, 5) is 6.91. The van der Waals surface area contributed by atoms with Crippen LogP contribution in [0.2, 0.25) is 0 Å². The molecule has 1 aliphatic carbocycles. The second-order valence-corrected chi connectivity index (χ2v) is 9.22. The lowest BCUT2D eigenvalue weighted by Gasteiger charge is -2.34. The Morgan fingerprint density at radius 3 is 2.81 bits per heavy atom. The highest BCUT2D eigenvalue weighted by Crippen LogP contribution is 2.40. The molecule has 0 radical (unpaired) electrons. The van der Waals surface area contributed by atoms with E-state index in [1.807, 2.05) is 13.8 Å². The van der Waals surface area contributed by atoms with Gasteiger partial charge < -0.3 is 14.4 Å². The van der Waals surface area contributed by atoms with E-state index < -0.39 is 10.0 Å². The lowest BCUT2D eigenvalue weighted by molar-refractivity contribution is 0.0524. The summed E-state index contributed by atoms with van der Waals surface area (Å²) in [6.45, 7) is 6.54. The van der Waals surface area contributed by atoms with Crippen molar-refractivity contribution in [3.8, 4) is 0 Å². The molecule has 27 heavy (non-hydrogen) atoms. The molecule has 0 spiro atoms. The Kier molecular flexibility index (Phi) is 6.40. The molecular weight excluding hydrogens is 366 g/mol.